The SMILES string of the molecule is COc1cc(Br)cc(NCCN)c1. The van der Waals surface area contributed by atoms with E-state index in [2.05, 4.69) is 21.2 Å². The fraction of sp³-hybridized carbons (Fsp3) is 0.333. The molecule has 0 saturated carbocycles. The molecular formula is C9H13BrN2O. The smallest absolute Gasteiger partial charge is 0.122 e. The molecule has 0 aliphatic heterocycles. The van der Waals surface area contributed by atoms with Gasteiger partial charge in [0.25, 0.3) is 0 Å². The van der Waals surface area contributed by atoms with Gasteiger partial charge in [-0.3, -0.25) is 0 Å². The van der Waals surface area contributed by atoms with E-state index >= 15 is 0 Å². The minimum Gasteiger partial charge on any atom is -0.497 e. The normalized spacial score (nSPS) is 9.77. The second-order valence-electron chi connectivity index (χ2n) is 2.60. The van der Waals surface area contributed by atoms with Crippen LogP contribution in [-0.4, -0.2) is 20.2 Å². The Balaban J connectivity index is 2.76. The van der Waals surface area contributed by atoms with Gasteiger partial charge in [-0.2, -0.15) is 0 Å². The number of benzene rings is 1. The molecule has 0 spiro atoms. The largest absolute Gasteiger partial charge is 0.497 e. The van der Waals surface area contributed by atoms with Gasteiger partial charge in [-0.15, -0.1) is 0 Å². The Morgan fingerprint density at radius 3 is 2.85 bits per heavy atom. The Hall–Kier alpha value is -0.740. The van der Waals surface area contributed by atoms with E-state index in [0.29, 0.717) is 6.54 Å². The van der Waals surface area contributed by atoms with Crippen molar-refractivity contribution in [2.75, 3.05) is 25.5 Å². The van der Waals surface area contributed by atoms with Gasteiger partial charge in [0.1, 0.15) is 5.75 Å². The number of ether oxygens (including phenoxy) is 1. The van der Waals surface area contributed by atoms with E-state index in [1.165, 1.54) is 0 Å². The van der Waals surface area contributed by atoms with Crippen molar-refractivity contribution in [1.29, 1.82) is 0 Å². The van der Waals surface area contributed by atoms with Gasteiger partial charge < -0.3 is 15.8 Å². The van der Waals surface area contributed by atoms with Crippen molar-refractivity contribution in [3.8, 4) is 5.75 Å². The van der Waals surface area contributed by atoms with Crippen molar-refractivity contribution in [2.45, 2.75) is 0 Å². The number of hydrogen-bond acceptors (Lipinski definition) is 3. The Kier molecular flexibility index (Phi) is 4.05. The lowest BCUT2D eigenvalue weighted by atomic mass is 10.3. The lowest BCUT2D eigenvalue weighted by Crippen LogP contribution is -2.13. The number of hydrogen-bond donors (Lipinski definition) is 2. The monoisotopic (exact) mass is 244 g/mol. The maximum atomic E-state index is 5.38. The van der Waals surface area contributed by atoms with Gasteiger partial charge in [0.15, 0.2) is 0 Å². The van der Waals surface area contributed by atoms with Crippen LogP contribution in [0.1, 0.15) is 0 Å². The third-order valence-corrected chi connectivity index (χ3v) is 2.04. The zero-order valence-corrected chi connectivity index (χ0v) is 9.10. The summed E-state index contributed by atoms with van der Waals surface area (Å²) in [5.74, 6) is 0.828. The number of anilines is 1. The molecule has 0 aromatic heterocycles. The standard InChI is InChI=1S/C9H13BrN2O/c1-13-9-5-7(10)4-8(6-9)12-3-2-11/h4-6,12H,2-3,11H2,1H3. The minimum atomic E-state index is 0.620. The quantitative estimate of drug-likeness (QED) is 0.850. The molecule has 13 heavy (non-hydrogen) atoms. The second kappa shape index (κ2) is 5.09. The van der Waals surface area contributed by atoms with E-state index in [-0.39, 0.29) is 0 Å². The van der Waals surface area contributed by atoms with Crippen LogP contribution in [0.2, 0.25) is 0 Å². The first kappa shape index (κ1) is 10.3. The van der Waals surface area contributed by atoms with Gasteiger partial charge in [0.05, 0.1) is 7.11 Å². The van der Waals surface area contributed by atoms with Crippen LogP contribution >= 0.6 is 15.9 Å². The highest BCUT2D eigenvalue weighted by Crippen LogP contribution is 2.24. The van der Waals surface area contributed by atoms with E-state index in [1.807, 2.05) is 18.2 Å². The molecule has 0 radical (unpaired) electrons. The van der Waals surface area contributed by atoms with E-state index in [9.17, 15) is 0 Å². The molecule has 0 heterocycles. The van der Waals surface area contributed by atoms with Gasteiger partial charge >= 0.3 is 0 Å². The van der Waals surface area contributed by atoms with Crippen LogP contribution in [-0.2, 0) is 0 Å². The number of nitrogens with two attached hydrogens (primary N) is 1. The Morgan fingerprint density at radius 2 is 2.23 bits per heavy atom. The lowest BCUT2D eigenvalue weighted by Gasteiger charge is -2.07. The predicted octanol–water partition coefficient (Wildman–Crippen LogP) is 1.83. The van der Waals surface area contributed by atoms with Gasteiger partial charge in [0.2, 0.25) is 0 Å². The first-order valence-electron chi connectivity index (χ1n) is 4.05. The fourth-order valence-electron chi connectivity index (χ4n) is 0.999. The third-order valence-electron chi connectivity index (χ3n) is 1.58. The molecule has 3 nitrogen and oxygen atoms in total. The maximum absolute atomic E-state index is 5.38. The topological polar surface area (TPSA) is 47.3 Å². The van der Waals surface area contributed by atoms with Crippen LogP contribution in [0.3, 0.4) is 0 Å². The molecule has 0 aliphatic carbocycles. The molecule has 1 aromatic rings. The molecule has 0 bridgehead atoms. The van der Waals surface area contributed by atoms with E-state index in [1.54, 1.807) is 7.11 Å². The summed E-state index contributed by atoms with van der Waals surface area (Å²) in [4.78, 5) is 0. The molecule has 0 fully saturated rings. The molecule has 0 unspecified atom stereocenters. The van der Waals surface area contributed by atoms with E-state index in [0.717, 1.165) is 22.5 Å². The molecular weight excluding hydrogens is 232 g/mol. The molecule has 72 valence electrons. The Bertz CT molecular complexity index is 278. The molecule has 4 heteroatoms. The summed E-state index contributed by atoms with van der Waals surface area (Å²) in [5, 5.41) is 3.17. The van der Waals surface area contributed by atoms with Gasteiger partial charge in [-0.05, 0) is 12.1 Å². The molecule has 0 amide bonds. The third kappa shape index (κ3) is 3.24. The van der Waals surface area contributed by atoms with Gasteiger partial charge in [-0.25, -0.2) is 0 Å². The molecule has 0 aliphatic rings. The second-order valence-corrected chi connectivity index (χ2v) is 3.51. The van der Waals surface area contributed by atoms with Gasteiger partial charge in [-0.1, -0.05) is 15.9 Å². The highest BCUT2D eigenvalue weighted by molar-refractivity contribution is 9.10. The average Bonchev–Trinajstić information content (AvgIpc) is 2.14. The first-order valence-corrected chi connectivity index (χ1v) is 4.84. The Labute approximate surface area is 86.4 Å². The van der Waals surface area contributed by atoms with Crippen molar-refractivity contribution in [3.63, 3.8) is 0 Å². The zero-order chi connectivity index (χ0) is 9.68. The van der Waals surface area contributed by atoms with Crippen molar-refractivity contribution >= 4 is 21.6 Å². The summed E-state index contributed by atoms with van der Waals surface area (Å²) < 4.78 is 6.11. The van der Waals surface area contributed by atoms with Crippen LogP contribution in [0.4, 0.5) is 5.69 Å². The average molecular weight is 245 g/mol. The molecule has 0 saturated heterocycles. The van der Waals surface area contributed by atoms with Crippen LogP contribution in [0.5, 0.6) is 5.75 Å². The van der Waals surface area contributed by atoms with Gasteiger partial charge in [0, 0.05) is 29.3 Å². The summed E-state index contributed by atoms with van der Waals surface area (Å²) in [6, 6.07) is 5.83. The zero-order valence-electron chi connectivity index (χ0n) is 7.51. The first-order chi connectivity index (χ1) is 6.26. The highest BCUT2D eigenvalue weighted by atomic mass is 79.9. The van der Waals surface area contributed by atoms with Crippen molar-refractivity contribution in [1.82, 2.24) is 0 Å². The number of halogens is 1. The van der Waals surface area contributed by atoms with Crippen LogP contribution in [0.15, 0.2) is 22.7 Å². The van der Waals surface area contributed by atoms with E-state index in [4.69, 9.17) is 10.5 Å². The number of methoxy groups -OCH3 is 1. The summed E-state index contributed by atoms with van der Waals surface area (Å²) in [6.07, 6.45) is 0. The molecule has 0 atom stereocenters. The van der Waals surface area contributed by atoms with Crippen LogP contribution in [0.25, 0.3) is 0 Å². The summed E-state index contributed by atoms with van der Waals surface area (Å²) in [6.45, 7) is 1.38. The molecule has 1 rings (SSSR count). The molecule has 3 N–H and O–H groups in total. The number of rotatable bonds is 4. The van der Waals surface area contributed by atoms with Crippen LogP contribution < -0.4 is 15.8 Å². The molecule has 1 aromatic carbocycles. The predicted molar refractivity (Wildman–Crippen MR) is 58.2 cm³/mol. The Morgan fingerprint density at radius 1 is 1.46 bits per heavy atom. The minimum absolute atomic E-state index is 0.620. The fourth-order valence-corrected chi connectivity index (χ4v) is 1.47. The number of nitrogens with one attached hydrogen (secondary N) is 1. The highest BCUT2D eigenvalue weighted by Gasteiger charge is 1.97. The lowest BCUT2D eigenvalue weighted by molar-refractivity contribution is 0.414. The van der Waals surface area contributed by atoms with Crippen LogP contribution in [0, 0.1) is 0 Å². The van der Waals surface area contributed by atoms with E-state index < -0.39 is 0 Å². The summed E-state index contributed by atoms with van der Waals surface area (Å²) in [7, 11) is 1.65. The van der Waals surface area contributed by atoms with Crippen molar-refractivity contribution < 1.29 is 4.74 Å². The van der Waals surface area contributed by atoms with Crippen molar-refractivity contribution in [3.05, 3.63) is 22.7 Å². The maximum Gasteiger partial charge on any atom is 0.122 e. The summed E-state index contributed by atoms with van der Waals surface area (Å²) >= 11 is 3.39. The van der Waals surface area contributed by atoms with Crippen molar-refractivity contribution in [2.24, 2.45) is 5.73 Å². The summed E-state index contributed by atoms with van der Waals surface area (Å²) in [5.41, 5.74) is 6.39.